The van der Waals surface area contributed by atoms with E-state index in [1.165, 1.54) is 18.2 Å². The predicted molar refractivity (Wildman–Crippen MR) is 91.4 cm³/mol. The molecule has 0 bridgehead atoms. The molecule has 8 heteroatoms. The Labute approximate surface area is 141 Å². The van der Waals surface area contributed by atoms with E-state index < -0.39 is 19.7 Å². The number of rotatable bonds is 5. The van der Waals surface area contributed by atoms with Crippen LogP contribution in [0.25, 0.3) is 0 Å². The zero-order chi connectivity index (χ0) is 17.3. The molecule has 0 aliphatic heterocycles. The quantitative estimate of drug-likeness (QED) is 0.871. The van der Waals surface area contributed by atoms with Gasteiger partial charge in [0.2, 0.25) is 0 Å². The molecular weight excluding hydrogens is 358 g/mol. The van der Waals surface area contributed by atoms with Gasteiger partial charge in [-0.3, -0.25) is 0 Å². The molecule has 0 spiro atoms. The minimum Gasteiger partial charge on any atom is -0.380 e. The molecule has 0 unspecified atom stereocenters. The number of nitrogens with one attached hydrogen (secondary N) is 1. The molecule has 0 amide bonds. The third-order valence-electron chi connectivity index (χ3n) is 3.18. The Morgan fingerprint density at radius 3 is 2.04 bits per heavy atom. The van der Waals surface area contributed by atoms with Gasteiger partial charge in [-0.1, -0.05) is 23.7 Å². The highest BCUT2D eigenvalue weighted by molar-refractivity contribution is 7.91. The number of halogens is 1. The molecule has 2 aromatic carbocycles. The van der Waals surface area contributed by atoms with E-state index in [0.29, 0.717) is 17.3 Å². The molecule has 0 saturated heterocycles. The second-order valence-corrected chi connectivity index (χ2v) is 9.62. The molecule has 0 aliphatic carbocycles. The maximum atomic E-state index is 11.9. The second kappa shape index (κ2) is 6.51. The van der Waals surface area contributed by atoms with Crippen molar-refractivity contribution in [2.24, 2.45) is 0 Å². The highest BCUT2D eigenvalue weighted by Gasteiger charge is 2.17. The van der Waals surface area contributed by atoms with Gasteiger partial charge in [-0.05, 0) is 35.9 Å². The lowest BCUT2D eigenvalue weighted by atomic mass is 10.2. The zero-order valence-corrected chi connectivity index (χ0v) is 15.0. The van der Waals surface area contributed by atoms with Crippen LogP contribution in [0.3, 0.4) is 0 Å². The summed E-state index contributed by atoms with van der Waals surface area (Å²) in [5, 5.41) is 3.63. The third-order valence-corrected chi connectivity index (χ3v) is 5.68. The number of anilines is 1. The first-order valence-corrected chi connectivity index (χ1v) is 10.8. The topological polar surface area (TPSA) is 80.3 Å². The molecule has 0 fully saturated rings. The largest absolute Gasteiger partial charge is 0.380 e. The summed E-state index contributed by atoms with van der Waals surface area (Å²) < 4.78 is 47.1. The molecule has 124 valence electrons. The molecule has 5 nitrogen and oxygen atoms in total. The monoisotopic (exact) mass is 373 g/mol. The van der Waals surface area contributed by atoms with Crippen molar-refractivity contribution in [3.8, 4) is 0 Å². The van der Waals surface area contributed by atoms with E-state index in [-0.39, 0.29) is 9.79 Å². The fourth-order valence-corrected chi connectivity index (χ4v) is 3.71. The molecule has 1 N–H and O–H groups in total. The van der Waals surface area contributed by atoms with Crippen molar-refractivity contribution >= 4 is 37.0 Å². The van der Waals surface area contributed by atoms with Gasteiger partial charge in [-0.25, -0.2) is 16.8 Å². The average molecular weight is 374 g/mol. The molecule has 0 saturated carbocycles. The van der Waals surface area contributed by atoms with Crippen LogP contribution in [0.2, 0.25) is 5.02 Å². The van der Waals surface area contributed by atoms with Gasteiger partial charge < -0.3 is 5.32 Å². The summed E-state index contributed by atoms with van der Waals surface area (Å²) in [6, 6.07) is 11.1. The lowest BCUT2D eigenvalue weighted by Crippen LogP contribution is -2.08. The lowest BCUT2D eigenvalue weighted by molar-refractivity contribution is 0.600. The van der Waals surface area contributed by atoms with Crippen LogP contribution in [0.1, 0.15) is 5.56 Å². The Hall–Kier alpha value is -1.57. The summed E-state index contributed by atoms with van der Waals surface area (Å²) in [7, 11) is -7.06. The molecule has 2 rings (SSSR count). The first-order valence-electron chi connectivity index (χ1n) is 6.60. The highest BCUT2D eigenvalue weighted by atomic mass is 35.5. The summed E-state index contributed by atoms with van der Waals surface area (Å²) in [4.78, 5) is -0.0793. The second-order valence-electron chi connectivity index (χ2n) is 5.18. The van der Waals surface area contributed by atoms with Gasteiger partial charge in [0.1, 0.15) is 0 Å². The maximum absolute atomic E-state index is 11.9. The van der Waals surface area contributed by atoms with Crippen molar-refractivity contribution in [2.75, 3.05) is 17.8 Å². The van der Waals surface area contributed by atoms with E-state index in [2.05, 4.69) is 5.32 Å². The van der Waals surface area contributed by atoms with Gasteiger partial charge in [0.25, 0.3) is 0 Å². The summed E-state index contributed by atoms with van der Waals surface area (Å²) in [5.41, 5.74) is 1.27. The van der Waals surface area contributed by atoms with Gasteiger partial charge in [-0.15, -0.1) is 0 Å². The van der Waals surface area contributed by atoms with Crippen LogP contribution in [0.5, 0.6) is 0 Å². The van der Waals surface area contributed by atoms with E-state index in [0.717, 1.165) is 18.1 Å². The third kappa shape index (κ3) is 4.70. The summed E-state index contributed by atoms with van der Waals surface area (Å²) >= 11 is 5.82. The molecule has 0 heterocycles. The Balaban J connectivity index is 2.36. The Morgan fingerprint density at radius 1 is 0.913 bits per heavy atom. The van der Waals surface area contributed by atoms with Crippen molar-refractivity contribution in [1.29, 1.82) is 0 Å². The molecular formula is C15H16ClNO4S2. The first kappa shape index (κ1) is 17.8. The number of hydrogen-bond acceptors (Lipinski definition) is 5. The first-order chi connectivity index (χ1) is 10.6. The highest BCUT2D eigenvalue weighted by Crippen LogP contribution is 2.25. The normalized spacial score (nSPS) is 12.1. The van der Waals surface area contributed by atoms with Crippen molar-refractivity contribution < 1.29 is 16.8 Å². The minimum absolute atomic E-state index is 0.0324. The molecule has 2 aromatic rings. The van der Waals surface area contributed by atoms with E-state index >= 15 is 0 Å². The Morgan fingerprint density at radius 2 is 1.52 bits per heavy atom. The molecule has 0 aliphatic rings. The van der Waals surface area contributed by atoms with Crippen molar-refractivity contribution in [3.05, 3.63) is 53.1 Å². The fourth-order valence-electron chi connectivity index (χ4n) is 1.99. The number of sulfone groups is 2. The molecule has 0 radical (unpaired) electrons. The van der Waals surface area contributed by atoms with E-state index in [9.17, 15) is 16.8 Å². The van der Waals surface area contributed by atoms with Crippen LogP contribution in [0.4, 0.5) is 5.69 Å². The van der Waals surface area contributed by atoms with Gasteiger partial charge >= 0.3 is 0 Å². The van der Waals surface area contributed by atoms with Gasteiger partial charge in [0.05, 0.1) is 15.5 Å². The van der Waals surface area contributed by atoms with E-state index in [1.54, 1.807) is 12.1 Å². The van der Waals surface area contributed by atoms with Crippen LogP contribution >= 0.6 is 11.6 Å². The van der Waals surface area contributed by atoms with Crippen LogP contribution in [0.15, 0.2) is 52.3 Å². The minimum atomic E-state index is -3.58. The Bertz CT molecular complexity index is 920. The summed E-state index contributed by atoms with van der Waals surface area (Å²) in [6.45, 7) is 0.387. The van der Waals surface area contributed by atoms with Crippen molar-refractivity contribution in [2.45, 2.75) is 16.3 Å². The van der Waals surface area contributed by atoms with E-state index in [1.807, 2.05) is 12.1 Å². The van der Waals surface area contributed by atoms with Crippen molar-refractivity contribution in [1.82, 2.24) is 0 Å². The van der Waals surface area contributed by atoms with Crippen LogP contribution in [-0.4, -0.2) is 29.3 Å². The van der Waals surface area contributed by atoms with E-state index in [4.69, 9.17) is 11.6 Å². The summed E-state index contributed by atoms with van der Waals surface area (Å²) in [6.07, 6.45) is 2.08. The molecule has 0 atom stereocenters. The average Bonchev–Trinajstić information content (AvgIpc) is 2.44. The SMILES string of the molecule is CS(=O)(=O)c1ccc(NCc2ccc(Cl)cc2)c(S(C)(=O)=O)c1. The fraction of sp³-hybridized carbons (Fsp3) is 0.200. The molecule has 23 heavy (non-hydrogen) atoms. The number of benzene rings is 2. The Kier molecular flexibility index (Phi) is 5.03. The van der Waals surface area contributed by atoms with Gasteiger partial charge in [0.15, 0.2) is 19.7 Å². The maximum Gasteiger partial charge on any atom is 0.177 e. The van der Waals surface area contributed by atoms with Crippen molar-refractivity contribution in [3.63, 3.8) is 0 Å². The predicted octanol–water partition coefficient (Wildman–Crippen LogP) is 2.76. The lowest BCUT2D eigenvalue weighted by Gasteiger charge is -2.12. The summed E-state index contributed by atoms with van der Waals surface area (Å²) in [5.74, 6) is 0. The van der Waals surface area contributed by atoms with Gasteiger partial charge in [-0.2, -0.15) is 0 Å². The standard InChI is InChI=1S/C15H16ClNO4S2/c1-22(18,19)13-7-8-14(15(9-13)23(2,20)21)17-10-11-3-5-12(16)6-4-11/h3-9,17H,10H2,1-2H3. The number of hydrogen-bond donors (Lipinski definition) is 1. The molecule has 0 aromatic heterocycles. The van der Waals surface area contributed by atoms with Crippen LogP contribution in [-0.2, 0) is 26.2 Å². The van der Waals surface area contributed by atoms with Gasteiger partial charge in [0, 0.05) is 24.1 Å². The van der Waals surface area contributed by atoms with Crippen LogP contribution in [0, 0.1) is 0 Å². The zero-order valence-electron chi connectivity index (χ0n) is 12.6. The van der Waals surface area contributed by atoms with Crippen LogP contribution < -0.4 is 5.32 Å². The smallest absolute Gasteiger partial charge is 0.177 e.